The molecule has 5 nitrogen and oxygen atoms in total. The molecular weight excluding hydrogens is 290 g/mol. The number of rotatable bonds is 2. The van der Waals surface area contributed by atoms with Crippen LogP contribution in [0.4, 0.5) is 0 Å². The Morgan fingerprint density at radius 3 is 3.04 bits per heavy atom. The number of hydrogen-bond acceptors (Lipinski definition) is 4. The molecule has 2 aliphatic rings. The van der Waals surface area contributed by atoms with Crippen LogP contribution >= 0.6 is 0 Å². The van der Waals surface area contributed by atoms with Gasteiger partial charge in [0.2, 0.25) is 0 Å². The van der Waals surface area contributed by atoms with Crippen molar-refractivity contribution in [2.24, 2.45) is 0 Å². The summed E-state index contributed by atoms with van der Waals surface area (Å²) in [6, 6.07) is 6.39. The van der Waals surface area contributed by atoms with Crippen LogP contribution in [0.5, 0.6) is 0 Å². The van der Waals surface area contributed by atoms with E-state index in [1.807, 2.05) is 0 Å². The van der Waals surface area contributed by atoms with Crippen molar-refractivity contribution in [1.29, 1.82) is 0 Å². The summed E-state index contributed by atoms with van der Waals surface area (Å²) in [7, 11) is 0. The summed E-state index contributed by atoms with van der Waals surface area (Å²) in [5.41, 5.74) is 5.09. The van der Waals surface area contributed by atoms with Gasteiger partial charge in [-0.2, -0.15) is 4.98 Å². The highest BCUT2D eigenvalue weighted by Gasteiger charge is 2.24. The van der Waals surface area contributed by atoms with Crippen LogP contribution in [0.2, 0.25) is 0 Å². The molecule has 1 aromatic carbocycles. The lowest BCUT2D eigenvalue weighted by molar-refractivity contribution is 0.192. The van der Waals surface area contributed by atoms with Crippen LogP contribution in [0.15, 0.2) is 22.7 Å². The highest BCUT2D eigenvalue weighted by molar-refractivity contribution is 5.88. The van der Waals surface area contributed by atoms with E-state index < -0.39 is 0 Å². The number of aromatic amines is 1. The molecule has 0 saturated carbocycles. The van der Waals surface area contributed by atoms with Gasteiger partial charge in [-0.1, -0.05) is 5.16 Å². The van der Waals surface area contributed by atoms with Crippen molar-refractivity contribution in [1.82, 2.24) is 15.1 Å². The molecule has 0 unspecified atom stereocenters. The van der Waals surface area contributed by atoms with Crippen molar-refractivity contribution in [3.05, 3.63) is 35.3 Å². The van der Waals surface area contributed by atoms with Crippen LogP contribution < -0.4 is 0 Å². The lowest BCUT2D eigenvalue weighted by Crippen LogP contribution is -2.00. The fourth-order valence-electron chi connectivity index (χ4n) is 3.80. The minimum atomic E-state index is 0.274. The molecule has 1 saturated heterocycles. The van der Waals surface area contributed by atoms with Gasteiger partial charge in [-0.15, -0.1) is 0 Å². The molecule has 118 valence electrons. The number of aryl methyl sites for hydroxylation is 2. The Balaban J connectivity index is 1.55. The number of fused-ring (bicyclic) bond motifs is 3. The summed E-state index contributed by atoms with van der Waals surface area (Å²) in [5.74, 6) is 1.66. The first-order valence-corrected chi connectivity index (χ1v) is 8.44. The van der Waals surface area contributed by atoms with Crippen LogP contribution in [-0.2, 0) is 17.6 Å². The lowest BCUT2D eigenvalue weighted by atomic mass is 9.95. The van der Waals surface area contributed by atoms with E-state index in [1.54, 1.807) is 0 Å². The monoisotopic (exact) mass is 309 g/mol. The molecule has 1 aliphatic carbocycles. The van der Waals surface area contributed by atoms with Gasteiger partial charge < -0.3 is 14.2 Å². The topological polar surface area (TPSA) is 63.9 Å². The number of aromatic nitrogens is 3. The molecule has 1 fully saturated rings. The van der Waals surface area contributed by atoms with Gasteiger partial charge in [-0.25, -0.2) is 0 Å². The smallest absolute Gasteiger partial charge is 0.257 e. The van der Waals surface area contributed by atoms with Crippen LogP contribution in [0.3, 0.4) is 0 Å². The van der Waals surface area contributed by atoms with Gasteiger partial charge in [0.05, 0.1) is 6.61 Å². The number of ether oxygens (including phenoxy) is 1. The summed E-state index contributed by atoms with van der Waals surface area (Å²) in [4.78, 5) is 8.16. The molecule has 3 heterocycles. The van der Waals surface area contributed by atoms with E-state index >= 15 is 0 Å². The predicted molar refractivity (Wildman–Crippen MR) is 86.4 cm³/mol. The molecule has 1 aliphatic heterocycles. The molecule has 0 spiro atoms. The summed E-state index contributed by atoms with van der Waals surface area (Å²) in [6.07, 6.45) is 5.85. The molecule has 0 radical (unpaired) electrons. The Kier molecular flexibility index (Phi) is 3.01. The molecule has 3 aromatic rings. The molecule has 5 rings (SSSR count). The zero-order chi connectivity index (χ0) is 15.2. The van der Waals surface area contributed by atoms with E-state index in [0.717, 1.165) is 37.3 Å². The zero-order valence-corrected chi connectivity index (χ0v) is 13.0. The van der Waals surface area contributed by atoms with Gasteiger partial charge in [0.25, 0.3) is 5.89 Å². The molecule has 1 N–H and O–H groups in total. The maximum Gasteiger partial charge on any atom is 0.257 e. The number of nitrogens with one attached hydrogen (secondary N) is 1. The summed E-state index contributed by atoms with van der Waals surface area (Å²) < 4.78 is 10.9. The van der Waals surface area contributed by atoms with Gasteiger partial charge in [-0.3, -0.25) is 0 Å². The standard InChI is InChI=1S/C18H19N3O2/c1-2-4-15-13(3-1)14-9-11(5-6-16(14)19-15)18-20-17(21-23-18)12-7-8-22-10-12/h5-6,9,12,19H,1-4,7-8,10H2/t12-/m0/s1. The molecular formula is C18H19N3O2. The molecule has 23 heavy (non-hydrogen) atoms. The van der Waals surface area contributed by atoms with Crippen molar-refractivity contribution < 1.29 is 9.26 Å². The normalized spacial score (nSPS) is 21.0. The minimum absolute atomic E-state index is 0.274. The number of benzene rings is 1. The van der Waals surface area contributed by atoms with E-state index in [9.17, 15) is 0 Å². The first-order chi connectivity index (χ1) is 11.4. The van der Waals surface area contributed by atoms with E-state index in [1.165, 1.54) is 35.0 Å². The van der Waals surface area contributed by atoms with Crippen molar-refractivity contribution in [3.63, 3.8) is 0 Å². The first-order valence-electron chi connectivity index (χ1n) is 8.44. The van der Waals surface area contributed by atoms with E-state index in [-0.39, 0.29) is 5.92 Å². The third-order valence-corrected chi connectivity index (χ3v) is 5.08. The van der Waals surface area contributed by atoms with Crippen molar-refractivity contribution in [2.45, 2.75) is 38.0 Å². The Morgan fingerprint density at radius 2 is 2.13 bits per heavy atom. The molecule has 5 heteroatoms. The average molecular weight is 309 g/mol. The van der Waals surface area contributed by atoms with Crippen molar-refractivity contribution >= 4 is 10.9 Å². The van der Waals surface area contributed by atoms with Gasteiger partial charge in [0.15, 0.2) is 5.82 Å². The van der Waals surface area contributed by atoms with Crippen molar-refractivity contribution in [2.75, 3.05) is 13.2 Å². The Hall–Kier alpha value is -2.14. The van der Waals surface area contributed by atoms with Gasteiger partial charge >= 0.3 is 0 Å². The first kappa shape index (κ1) is 13.3. The second-order valence-corrected chi connectivity index (χ2v) is 6.57. The number of hydrogen-bond donors (Lipinski definition) is 1. The highest BCUT2D eigenvalue weighted by atomic mass is 16.5. The van der Waals surface area contributed by atoms with Crippen molar-refractivity contribution in [3.8, 4) is 11.5 Å². The molecule has 0 amide bonds. The number of nitrogens with zero attached hydrogens (tertiary/aromatic N) is 2. The van der Waals surface area contributed by atoms with Crippen LogP contribution in [0.1, 0.15) is 42.3 Å². The van der Waals surface area contributed by atoms with Gasteiger partial charge in [-0.05, 0) is 55.9 Å². The molecule has 0 bridgehead atoms. The average Bonchev–Trinajstić information content (AvgIpc) is 3.32. The quantitative estimate of drug-likeness (QED) is 0.785. The Bertz CT molecular complexity index is 858. The van der Waals surface area contributed by atoms with E-state index in [4.69, 9.17) is 9.26 Å². The van der Waals surface area contributed by atoms with Gasteiger partial charge in [0.1, 0.15) is 0 Å². The molecule has 1 atom stereocenters. The van der Waals surface area contributed by atoms with Crippen LogP contribution in [-0.4, -0.2) is 28.3 Å². The third-order valence-electron chi connectivity index (χ3n) is 5.08. The van der Waals surface area contributed by atoms with Crippen LogP contribution in [0, 0.1) is 0 Å². The molecule has 2 aromatic heterocycles. The summed E-state index contributed by atoms with van der Waals surface area (Å²) in [5, 5.41) is 5.46. The Morgan fingerprint density at radius 1 is 1.17 bits per heavy atom. The summed E-state index contributed by atoms with van der Waals surface area (Å²) in [6.45, 7) is 1.49. The maximum absolute atomic E-state index is 5.51. The largest absolute Gasteiger partial charge is 0.381 e. The highest BCUT2D eigenvalue weighted by Crippen LogP contribution is 2.32. The zero-order valence-electron chi connectivity index (χ0n) is 13.0. The SMILES string of the molecule is c1cc2[nH]c3c(c2cc1-c1nc([C@H]2CCOC2)no1)CCCC3. The fraction of sp³-hybridized carbons (Fsp3) is 0.444. The predicted octanol–water partition coefficient (Wildman–Crippen LogP) is 3.60. The Labute approximate surface area is 134 Å². The number of H-pyrrole nitrogens is 1. The van der Waals surface area contributed by atoms with E-state index in [2.05, 4.69) is 33.3 Å². The minimum Gasteiger partial charge on any atom is -0.381 e. The van der Waals surface area contributed by atoms with E-state index in [0.29, 0.717) is 12.5 Å². The second-order valence-electron chi connectivity index (χ2n) is 6.57. The fourth-order valence-corrected chi connectivity index (χ4v) is 3.80. The lowest BCUT2D eigenvalue weighted by Gasteiger charge is -2.10. The maximum atomic E-state index is 5.51. The summed E-state index contributed by atoms with van der Waals surface area (Å²) >= 11 is 0. The third kappa shape index (κ3) is 2.18. The van der Waals surface area contributed by atoms with Gasteiger partial charge in [0, 0.05) is 34.7 Å². The second kappa shape index (κ2) is 5.20. The van der Waals surface area contributed by atoms with Crippen LogP contribution in [0.25, 0.3) is 22.4 Å².